The van der Waals surface area contributed by atoms with E-state index in [0.29, 0.717) is 4.88 Å². The van der Waals surface area contributed by atoms with E-state index >= 15 is 0 Å². The minimum absolute atomic E-state index is 0.235. The Bertz CT molecular complexity index is 552. The highest BCUT2D eigenvalue weighted by Crippen LogP contribution is 2.18. The van der Waals surface area contributed by atoms with E-state index in [0.717, 1.165) is 21.5 Å². The molecule has 15 heavy (non-hydrogen) atoms. The fourth-order valence-corrected chi connectivity index (χ4v) is 2.06. The predicted molar refractivity (Wildman–Crippen MR) is 61.3 cm³/mol. The van der Waals surface area contributed by atoms with E-state index in [1.807, 2.05) is 30.3 Å². The van der Waals surface area contributed by atoms with Gasteiger partial charge in [-0.2, -0.15) is 0 Å². The van der Waals surface area contributed by atoms with Crippen molar-refractivity contribution in [2.24, 2.45) is 7.05 Å². The summed E-state index contributed by atoms with van der Waals surface area (Å²) in [6, 6.07) is 10.9. The Hall–Kier alpha value is -1.68. The molecule has 0 radical (unpaired) electrons. The molecule has 2 rings (SSSR count). The third kappa shape index (κ3) is 1.89. The van der Waals surface area contributed by atoms with E-state index in [2.05, 4.69) is 0 Å². The molecule has 0 unspecified atom stereocenters. The summed E-state index contributed by atoms with van der Waals surface area (Å²) < 4.78 is 1.11. The smallest absolute Gasteiger partial charge is 0.270 e. The van der Waals surface area contributed by atoms with Gasteiger partial charge in [0.05, 0.1) is 0 Å². The van der Waals surface area contributed by atoms with E-state index in [4.69, 9.17) is 0 Å². The molecule has 0 fully saturated rings. The van der Waals surface area contributed by atoms with Crippen LogP contribution in [0.5, 0.6) is 0 Å². The summed E-state index contributed by atoms with van der Waals surface area (Å²) in [7, 11) is 1.48. The highest BCUT2D eigenvalue weighted by atomic mass is 32.1. The van der Waals surface area contributed by atoms with Crippen LogP contribution in [0.15, 0.2) is 46.0 Å². The molecule has 0 N–H and O–H groups in total. The number of aromatic nitrogens is 1. The fourth-order valence-electron chi connectivity index (χ4n) is 1.24. The van der Waals surface area contributed by atoms with Gasteiger partial charge in [-0.05, 0) is 5.56 Å². The van der Waals surface area contributed by atoms with Gasteiger partial charge in [0.1, 0.15) is 0 Å². The summed E-state index contributed by atoms with van der Waals surface area (Å²) in [5.74, 6) is 0. The number of hydrogen-bond acceptors (Lipinski definition) is 3. The summed E-state index contributed by atoms with van der Waals surface area (Å²) in [4.78, 5) is 23.3. The molecular formula is C11H9NO2S. The van der Waals surface area contributed by atoms with E-state index < -0.39 is 0 Å². The van der Waals surface area contributed by atoms with Crippen molar-refractivity contribution in [1.82, 2.24) is 4.57 Å². The molecule has 0 saturated heterocycles. The SMILES string of the molecule is Cn1c(=O)cc(-c2ccccc2)sc1=O. The monoisotopic (exact) mass is 219 g/mol. The molecule has 4 heteroatoms. The van der Waals surface area contributed by atoms with Crippen molar-refractivity contribution < 1.29 is 0 Å². The first kappa shape index (κ1) is 9.86. The topological polar surface area (TPSA) is 39.1 Å². The van der Waals surface area contributed by atoms with Crippen LogP contribution in [-0.4, -0.2) is 4.57 Å². The zero-order valence-corrected chi connectivity index (χ0v) is 8.95. The fraction of sp³-hybridized carbons (Fsp3) is 0.0909. The van der Waals surface area contributed by atoms with Crippen LogP contribution in [0.1, 0.15) is 0 Å². The Morgan fingerprint density at radius 3 is 2.40 bits per heavy atom. The van der Waals surface area contributed by atoms with Crippen LogP contribution < -0.4 is 10.4 Å². The molecule has 0 atom stereocenters. The highest BCUT2D eigenvalue weighted by molar-refractivity contribution is 7.12. The van der Waals surface area contributed by atoms with Crippen molar-refractivity contribution in [2.75, 3.05) is 0 Å². The first-order valence-corrected chi connectivity index (χ1v) is 5.27. The van der Waals surface area contributed by atoms with Gasteiger partial charge in [0.25, 0.3) is 5.56 Å². The molecule has 0 bridgehead atoms. The van der Waals surface area contributed by atoms with Gasteiger partial charge in [-0.25, -0.2) is 0 Å². The highest BCUT2D eigenvalue weighted by Gasteiger charge is 2.03. The van der Waals surface area contributed by atoms with Gasteiger partial charge in [-0.1, -0.05) is 41.7 Å². The molecule has 0 saturated carbocycles. The van der Waals surface area contributed by atoms with Gasteiger partial charge in [0, 0.05) is 18.0 Å². The molecule has 0 amide bonds. The van der Waals surface area contributed by atoms with Crippen LogP contribution in [0.25, 0.3) is 10.4 Å². The first-order valence-electron chi connectivity index (χ1n) is 4.45. The van der Waals surface area contributed by atoms with Crippen LogP contribution in [0.3, 0.4) is 0 Å². The lowest BCUT2D eigenvalue weighted by Crippen LogP contribution is -2.27. The summed E-state index contributed by atoms with van der Waals surface area (Å²) in [6.45, 7) is 0. The molecule has 0 aliphatic heterocycles. The standard InChI is InChI=1S/C11H9NO2S/c1-12-10(13)7-9(15-11(12)14)8-5-3-2-4-6-8/h2-7H,1H3. The third-order valence-corrected chi connectivity index (χ3v) is 3.14. The molecule has 1 aromatic heterocycles. The molecule has 1 heterocycles. The van der Waals surface area contributed by atoms with Crippen molar-refractivity contribution in [2.45, 2.75) is 0 Å². The predicted octanol–water partition coefficient (Wildman–Crippen LogP) is 1.47. The van der Waals surface area contributed by atoms with Gasteiger partial charge in [-0.3, -0.25) is 14.2 Å². The Morgan fingerprint density at radius 1 is 1.13 bits per heavy atom. The number of nitrogens with zero attached hydrogens (tertiary/aromatic N) is 1. The third-order valence-electron chi connectivity index (χ3n) is 2.11. The summed E-state index contributed by atoms with van der Waals surface area (Å²) in [6.07, 6.45) is 0. The van der Waals surface area contributed by atoms with Crippen LogP contribution in [-0.2, 0) is 7.05 Å². The van der Waals surface area contributed by atoms with Gasteiger partial charge in [0.2, 0.25) is 0 Å². The molecule has 2 aromatic rings. The minimum atomic E-state index is -0.266. The maximum Gasteiger partial charge on any atom is 0.310 e. The summed E-state index contributed by atoms with van der Waals surface area (Å²) >= 11 is 1.08. The molecule has 1 aromatic carbocycles. The Morgan fingerprint density at radius 2 is 1.80 bits per heavy atom. The van der Waals surface area contributed by atoms with Crippen molar-refractivity contribution in [3.05, 3.63) is 56.4 Å². The molecule has 3 nitrogen and oxygen atoms in total. The maximum absolute atomic E-state index is 11.4. The van der Waals surface area contributed by atoms with Crippen molar-refractivity contribution >= 4 is 11.3 Å². The Balaban J connectivity index is 2.67. The molecule has 0 spiro atoms. The number of hydrogen-bond donors (Lipinski definition) is 0. The van der Waals surface area contributed by atoms with Gasteiger partial charge < -0.3 is 0 Å². The molecule has 0 aliphatic rings. The van der Waals surface area contributed by atoms with E-state index in [9.17, 15) is 9.59 Å². The maximum atomic E-state index is 11.4. The van der Waals surface area contributed by atoms with Crippen LogP contribution >= 0.6 is 11.3 Å². The van der Waals surface area contributed by atoms with E-state index in [1.165, 1.54) is 13.1 Å². The zero-order chi connectivity index (χ0) is 10.8. The van der Waals surface area contributed by atoms with Crippen molar-refractivity contribution in [1.29, 1.82) is 0 Å². The number of rotatable bonds is 1. The van der Waals surface area contributed by atoms with Gasteiger partial charge in [-0.15, -0.1) is 0 Å². The van der Waals surface area contributed by atoms with Crippen molar-refractivity contribution in [3.63, 3.8) is 0 Å². The molecule has 76 valence electrons. The Labute approximate surface area is 90.3 Å². The average molecular weight is 219 g/mol. The van der Waals surface area contributed by atoms with Crippen LogP contribution in [0, 0.1) is 0 Å². The normalized spacial score (nSPS) is 10.2. The van der Waals surface area contributed by atoms with Crippen LogP contribution in [0.2, 0.25) is 0 Å². The van der Waals surface area contributed by atoms with Gasteiger partial charge >= 0.3 is 4.87 Å². The quantitative estimate of drug-likeness (QED) is 0.728. The average Bonchev–Trinajstić information content (AvgIpc) is 2.26. The second-order valence-electron chi connectivity index (χ2n) is 3.14. The largest absolute Gasteiger partial charge is 0.310 e. The van der Waals surface area contributed by atoms with Gasteiger partial charge in [0.15, 0.2) is 0 Å². The second-order valence-corrected chi connectivity index (χ2v) is 4.13. The lowest BCUT2D eigenvalue weighted by atomic mass is 10.2. The Kier molecular flexibility index (Phi) is 2.51. The molecule has 0 aliphatic carbocycles. The number of benzene rings is 1. The second kappa shape index (κ2) is 3.82. The van der Waals surface area contributed by atoms with Crippen LogP contribution in [0.4, 0.5) is 0 Å². The summed E-state index contributed by atoms with van der Waals surface area (Å²) in [5.41, 5.74) is 0.634. The summed E-state index contributed by atoms with van der Waals surface area (Å²) in [5, 5.41) is 0. The zero-order valence-electron chi connectivity index (χ0n) is 8.14. The minimum Gasteiger partial charge on any atom is -0.270 e. The van der Waals surface area contributed by atoms with E-state index in [1.54, 1.807) is 0 Å². The van der Waals surface area contributed by atoms with Crippen molar-refractivity contribution in [3.8, 4) is 10.4 Å². The lowest BCUT2D eigenvalue weighted by molar-refractivity contribution is 0.844. The lowest BCUT2D eigenvalue weighted by Gasteiger charge is -2.00. The first-order chi connectivity index (χ1) is 7.18. The van der Waals surface area contributed by atoms with E-state index in [-0.39, 0.29) is 10.4 Å². The molecular weight excluding hydrogens is 210 g/mol.